The third-order valence-corrected chi connectivity index (χ3v) is 2.23. The Bertz CT molecular complexity index is 477. The second kappa shape index (κ2) is 3.65. The predicted molar refractivity (Wildman–Crippen MR) is 56.9 cm³/mol. The van der Waals surface area contributed by atoms with E-state index in [1.54, 1.807) is 16.9 Å². The van der Waals surface area contributed by atoms with Crippen molar-refractivity contribution in [3.8, 4) is 22.6 Å². The molecule has 1 N–H and O–H groups in total. The number of hydrogen-bond donors (Lipinski definition) is 1. The number of aromatic nitrogens is 2. The summed E-state index contributed by atoms with van der Waals surface area (Å²) in [5, 5.41) is 13.9. The van der Waals surface area contributed by atoms with E-state index in [0.29, 0.717) is 5.75 Å². The summed E-state index contributed by atoms with van der Waals surface area (Å²) >= 11 is 0. The van der Waals surface area contributed by atoms with Crippen LogP contribution in [-0.4, -0.2) is 22.0 Å². The zero-order valence-electron chi connectivity index (χ0n) is 8.64. The molecule has 4 nitrogen and oxygen atoms in total. The molecule has 1 heterocycles. The van der Waals surface area contributed by atoms with Crippen LogP contribution in [0.5, 0.6) is 11.5 Å². The van der Waals surface area contributed by atoms with Gasteiger partial charge in [-0.3, -0.25) is 4.68 Å². The van der Waals surface area contributed by atoms with Crippen LogP contribution in [-0.2, 0) is 7.05 Å². The Kier molecular flexibility index (Phi) is 2.33. The summed E-state index contributed by atoms with van der Waals surface area (Å²) in [7, 11) is 3.36. The maximum absolute atomic E-state index is 9.89. The molecular formula is C11H12N2O2. The Balaban J connectivity index is 2.53. The summed E-state index contributed by atoms with van der Waals surface area (Å²) < 4.78 is 6.73. The minimum Gasteiger partial charge on any atom is -0.504 e. The molecule has 0 saturated carbocycles. The molecule has 0 fully saturated rings. The molecule has 0 spiro atoms. The smallest absolute Gasteiger partial charge is 0.165 e. The van der Waals surface area contributed by atoms with Gasteiger partial charge in [-0.25, -0.2) is 0 Å². The van der Waals surface area contributed by atoms with Crippen LogP contribution >= 0.6 is 0 Å². The van der Waals surface area contributed by atoms with Crippen molar-refractivity contribution in [1.29, 1.82) is 0 Å². The number of benzene rings is 1. The van der Waals surface area contributed by atoms with E-state index in [4.69, 9.17) is 4.74 Å². The predicted octanol–water partition coefficient (Wildman–Crippen LogP) is 1.80. The molecule has 0 atom stereocenters. The van der Waals surface area contributed by atoms with E-state index < -0.39 is 0 Å². The van der Waals surface area contributed by atoms with Crippen LogP contribution in [0, 0.1) is 0 Å². The van der Waals surface area contributed by atoms with E-state index >= 15 is 0 Å². The highest BCUT2D eigenvalue weighted by atomic mass is 16.5. The van der Waals surface area contributed by atoms with Gasteiger partial charge in [-0.1, -0.05) is 12.1 Å². The van der Waals surface area contributed by atoms with Crippen molar-refractivity contribution in [3.63, 3.8) is 0 Å². The van der Waals surface area contributed by atoms with E-state index in [9.17, 15) is 5.11 Å². The van der Waals surface area contributed by atoms with E-state index in [1.807, 2.05) is 25.4 Å². The molecule has 0 radical (unpaired) electrons. The first kappa shape index (κ1) is 9.58. The highest BCUT2D eigenvalue weighted by Gasteiger charge is 2.10. The third kappa shape index (κ3) is 1.66. The van der Waals surface area contributed by atoms with Gasteiger partial charge in [0.25, 0.3) is 0 Å². The number of para-hydroxylation sites is 1. The zero-order chi connectivity index (χ0) is 10.8. The summed E-state index contributed by atoms with van der Waals surface area (Å²) in [5.41, 5.74) is 1.59. The molecule has 1 aromatic heterocycles. The fraction of sp³-hybridized carbons (Fsp3) is 0.182. The van der Waals surface area contributed by atoms with Crippen LogP contribution in [0.2, 0.25) is 0 Å². The minimum absolute atomic E-state index is 0.146. The maximum Gasteiger partial charge on any atom is 0.165 e. The molecular weight excluding hydrogens is 192 g/mol. The maximum atomic E-state index is 9.89. The van der Waals surface area contributed by atoms with Gasteiger partial charge in [0.1, 0.15) is 0 Å². The molecule has 0 amide bonds. The Morgan fingerprint density at radius 3 is 2.80 bits per heavy atom. The topological polar surface area (TPSA) is 47.3 Å². The van der Waals surface area contributed by atoms with Crippen molar-refractivity contribution in [3.05, 3.63) is 30.6 Å². The van der Waals surface area contributed by atoms with E-state index in [2.05, 4.69) is 5.10 Å². The quantitative estimate of drug-likeness (QED) is 0.811. The summed E-state index contributed by atoms with van der Waals surface area (Å²) in [5.74, 6) is 0.615. The van der Waals surface area contributed by atoms with E-state index in [1.165, 1.54) is 7.11 Å². The van der Waals surface area contributed by atoms with Crippen molar-refractivity contribution >= 4 is 0 Å². The lowest BCUT2D eigenvalue weighted by atomic mass is 10.1. The van der Waals surface area contributed by atoms with Crippen LogP contribution < -0.4 is 4.74 Å². The first-order valence-electron chi connectivity index (χ1n) is 4.57. The highest BCUT2D eigenvalue weighted by molar-refractivity contribution is 5.72. The van der Waals surface area contributed by atoms with Crippen molar-refractivity contribution < 1.29 is 9.84 Å². The summed E-state index contributed by atoms with van der Waals surface area (Å²) in [4.78, 5) is 0. The monoisotopic (exact) mass is 204 g/mol. The number of hydrogen-bond acceptors (Lipinski definition) is 3. The number of phenolic OH excluding ortho intramolecular Hbond substituents is 1. The van der Waals surface area contributed by atoms with Crippen LogP contribution in [0.3, 0.4) is 0 Å². The van der Waals surface area contributed by atoms with Gasteiger partial charge in [-0.2, -0.15) is 5.10 Å². The number of aromatic hydroxyl groups is 1. The Hall–Kier alpha value is -1.97. The second-order valence-electron chi connectivity index (χ2n) is 3.26. The molecule has 0 aliphatic rings. The largest absolute Gasteiger partial charge is 0.504 e. The van der Waals surface area contributed by atoms with E-state index in [0.717, 1.165) is 11.1 Å². The van der Waals surface area contributed by atoms with Gasteiger partial charge in [0.05, 0.1) is 13.3 Å². The van der Waals surface area contributed by atoms with Gasteiger partial charge >= 0.3 is 0 Å². The summed E-state index contributed by atoms with van der Waals surface area (Å²) in [6, 6.07) is 5.38. The van der Waals surface area contributed by atoms with Crippen molar-refractivity contribution in [2.75, 3.05) is 7.11 Å². The molecule has 0 aliphatic heterocycles. The summed E-state index contributed by atoms with van der Waals surface area (Å²) in [6.07, 6.45) is 3.54. The lowest BCUT2D eigenvalue weighted by molar-refractivity contribution is 0.374. The lowest BCUT2D eigenvalue weighted by Gasteiger charge is -2.06. The second-order valence-corrected chi connectivity index (χ2v) is 3.26. The Morgan fingerprint density at radius 2 is 2.20 bits per heavy atom. The first-order valence-corrected chi connectivity index (χ1v) is 4.57. The standard InChI is InChI=1S/C11H12N2O2/c1-13-7-8(6-12-13)9-4-3-5-10(15-2)11(9)14/h3-7,14H,1-2H3. The van der Waals surface area contributed by atoms with Crippen LogP contribution in [0.4, 0.5) is 0 Å². The number of methoxy groups -OCH3 is 1. The molecule has 0 saturated heterocycles. The van der Waals surface area contributed by atoms with Gasteiger partial charge in [0, 0.05) is 24.4 Å². The summed E-state index contributed by atoms with van der Waals surface area (Å²) in [6.45, 7) is 0. The number of phenols is 1. The minimum atomic E-state index is 0.146. The molecule has 78 valence electrons. The fourth-order valence-corrected chi connectivity index (χ4v) is 1.48. The van der Waals surface area contributed by atoms with Crippen LogP contribution in [0.25, 0.3) is 11.1 Å². The Morgan fingerprint density at radius 1 is 1.40 bits per heavy atom. The normalized spacial score (nSPS) is 10.3. The van der Waals surface area contributed by atoms with Crippen molar-refractivity contribution in [2.24, 2.45) is 7.05 Å². The first-order chi connectivity index (χ1) is 7.22. The zero-order valence-corrected chi connectivity index (χ0v) is 8.64. The van der Waals surface area contributed by atoms with Crippen LogP contribution in [0.1, 0.15) is 0 Å². The van der Waals surface area contributed by atoms with Gasteiger partial charge in [0.2, 0.25) is 0 Å². The number of rotatable bonds is 2. The van der Waals surface area contributed by atoms with E-state index in [-0.39, 0.29) is 5.75 Å². The van der Waals surface area contributed by atoms with Crippen molar-refractivity contribution in [1.82, 2.24) is 9.78 Å². The molecule has 0 unspecified atom stereocenters. The molecule has 15 heavy (non-hydrogen) atoms. The lowest BCUT2D eigenvalue weighted by Crippen LogP contribution is -1.86. The molecule has 1 aromatic carbocycles. The van der Waals surface area contributed by atoms with Crippen molar-refractivity contribution in [2.45, 2.75) is 0 Å². The average molecular weight is 204 g/mol. The van der Waals surface area contributed by atoms with Gasteiger partial charge in [-0.05, 0) is 6.07 Å². The van der Waals surface area contributed by atoms with Gasteiger partial charge in [0.15, 0.2) is 11.5 Å². The number of ether oxygens (including phenoxy) is 1. The van der Waals surface area contributed by atoms with Gasteiger partial charge in [-0.15, -0.1) is 0 Å². The Labute approximate surface area is 87.7 Å². The molecule has 0 aliphatic carbocycles. The van der Waals surface area contributed by atoms with Crippen LogP contribution in [0.15, 0.2) is 30.6 Å². The van der Waals surface area contributed by atoms with Gasteiger partial charge < -0.3 is 9.84 Å². The third-order valence-electron chi connectivity index (χ3n) is 2.23. The fourth-order valence-electron chi connectivity index (χ4n) is 1.48. The number of aryl methyl sites for hydroxylation is 1. The molecule has 2 rings (SSSR count). The highest BCUT2D eigenvalue weighted by Crippen LogP contribution is 2.36. The molecule has 4 heteroatoms. The average Bonchev–Trinajstić information content (AvgIpc) is 2.65. The molecule has 2 aromatic rings. The SMILES string of the molecule is COc1cccc(-c2cnn(C)c2)c1O. The number of nitrogens with zero attached hydrogens (tertiary/aromatic N) is 2. The molecule has 0 bridgehead atoms.